The molecular formula is C29H42BClN2O2PdY2-2. The maximum Gasteiger partial charge on any atom is 0.488 e. The van der Waals surface area contributed by atoms with Crippen molar-refractivity contribution < 1.29 is 95.9 Å². The number of pyridine rings is 2. The first-order valence-electron chi connectivity index (χ1n) is 10.6. The molecule has 2 N–H and O–H groups in total. The molecular weight excluding hydrogens is 739 g/mol. The van der Waals surface area contributed by atoms with Crippen LogP contribution in [0.5, 0.6) is 0 Å². The Labute approximate surface area is 302 Å². The summed E-state index contributed by atoms with van der Waals surface area (Å²) in [6.45, 7) is 8.00. The predicted molar refractivity (Wildman–Crippen MR) is 157 cm³/mol. The van der Waals surface area contributed by atoms with Gasteiger partial charge in [0.25, 0.3) is 0 Å². The van der Waals surface area contributed by atoms with Crippen LogP contribution in [-0.2, 0) is 85.8 Å². The van der Waals surface area contributed by atoms with E-state index in [1.807, 2.05) is 88.5 Å². The number of hydrogen-bond acceptors (Lipinski definition) is 4. The second-order valence-electron chi connectivity index (χ2n) is 5.52. The van der Waals surface area contributed by atoms with Crippen molar-refractivity contribution in [1.29, 1.82) is 0 Å². The number of aromatic nitrogens is 2. The Hall–Kier alpha value is -0.115. The molecule has 9 heteroatoms. The van der Waals surface area contributed by atoms with Gasteiger partial charge < -0.3 is 24.9 Å². The minimum atomic E-state index is -1.34. The number of rotatable bonds is 2. The van der Waals surface area contributed by atoms with Crippen molar-refractivity contribution in [3.63, 3.8) is 0 Å². The Bertz CT molecular complexity index is 879. The van der Waals surface area contributed by atoms with E-state index in [0.29, 0.717) is 10.6 Å². The normalized spacial score (nSPS) is 7.13. The second kappa shape index (κ2) is 39.0. The van der Waals surface area contributed by atoms with Gasteiger partial charge in [0.2, 0.25) is 0 Å². The van der Waals surface area contributed by atoms with E-state index in [4.69, 9.17) is 21.6 Å². The standard InChI is InChI=1S/C11H9N.C6H7BO2.C5H4ClN.2C2H6.CH4.2CH3.Pd.2Y/c1-2-6-10(7-3-1)11-8-4-5-9-12-11;8-7(9)6-4-2-1-3-5-6;6-5-3-1-2-4-7-5;2*1-2;;;;;;/h1-9H;1-5,8-9H;1-4H;2*1-2H3;1H4;2*1H3;;;/q;;;;;;2*-1;;;. The van der Waals surface area contributed by atoms with Crippen molar-refractivity contribution in [2.24, 2.45) is 0 Å². The van der Waals surface area contributed by atoms with E-state index in [1.54, 1.807) is 36.5 Å². The maximum atomic E-state index is 8.58. The van der Waals surface area contributed by atoms with Gasteiger partial charge in [0.05, 0.1) is 5.69 Å². The van der Waals surface area contributed by atoms with Crippen LogP contribution >= 0.6 is 11.6 Å². The molecule has 4 aromatic rings. The molecule has 4 nitrogen and oxygen atoms in total. The Morgan fingerprint density at radius 3 is 1.29 bits per heavy atom. The van der Waals surface area contributed by atoms with Crippen LogP contribution < -0.4 is 5.46 Å². The average molecular weight is 781 g/mol. The number of halogens is 1. The molecule has 2 aromatic heterocycles. The smallest absolute Gasteiger partial charge is 0.423 e. The maximum absolute atomic E-state index is 8.58. The Morgan fingerprint density at radius 1 is 0.605 bits per heavy atom. The van der Waals surface area contributed by atoms with Gasteiger partial charge in [-0.15, -0.1) is 0 Å². The van der Waals surface area contributed by atoms with E-state index in [9.17, 15) is 0 Å². The second-order valence-corrected chi connectivity index (χ2v) is 5.91. The van der Waals surface area contributed by atoms with Crippen LogP contribution in [0, 0.1) is 14.9 Å². The molecule has 0 saturated heterocycles. The third-order valence-electron chi connectivity index (χ3n) is 3.46. The van der Waals surface area contributed by atoms with Gasteiger partial charge >= 0.3 is 7.12 Å². The first-order valence-corrected chi connectivity index (χ1v) is 11.0. The van der Waals surface area contributed by atoms with Gasteiger partial charge in [0, 0.05) is 104 Å². The molecule has 2 radical (unpaired) electrons. The van der Waals surface area contributed by atoms with E-state index in [2.05, 4.69) is 22.1 Å². The van der Waals surface area contributed by atoms with Crippen molar-refractivity contribution in [1.82, 2.24) is 9.97 Å². The van der Waals surface area contributed by atoms with E-state index < -0.39 is 7.12 Å². The predicted octanol–water partition coefficient (Wildman–Crippen LogP) is 7.43. The van der Waals surface area contributed by atoms with Crippen LogP contribution in [0.3, 0.4) is 0 Å². The first-order chi connectivity index (χ1) is 15.7. The topological polar surface area (TPSA) is 66.2 Å². The van der Waals surface area contributed by atoms with Crippen molar-refractivity contribution >= 4 is 24.2 Å². The minimum Gasteiger partial charge on any atom is -0.423 e. The van der Waals surface area contributed by atoms with Gasteiger partial charge in [-0.05, 0) is 29.7 Å². The SMILES string of the molecule is C.CC.CC.Clc1ccccn1.OB(O)c1ccccc1.[CH3-].[CH3-].[Pd].[Y].[Y].c1ccc(-c2ccccn2)cc1. The van der Waals surface area contributed by atoms with Crippen LogP contribution in [0.1, 0.15) is 35.1 Å². The summed E-state index contributed by atoms with van der Waals surface area (Å²) >= 11 is 5.43. The van der Waals surface area contributed by atoms with Gasteiger partial charge in [0.15, 0.2) is 0 Å². The minimum absolute atomic E-state index is 0. The average Bonchev–Trinajstić information content (AvgIpc) is 2.89. The summed E-state index contributed by atoms with van der Waals surface area (Å²) in [6.07, 6.45) is 3.46. The fraction of sp³-hybridized carbons (Fsp3) is 0.172. The molecule has 2 aromatic carbocycles. The van der Waals surface area contributed by atoms with Gasteiger partial charge in [-0.25, -0.2) is 4.98 Å². The molecule has 208 valence electrons. The van der Waals surface area contributed by atoms with Crippen molar-refractivity contribution in [2.45, 2.75) is 35.1 Å². The molecule has 0 amide bonds. The summed E-state index contributed by atoms with van der Waals surface area (Å²) in [5.41, 5.74) is 2.72. The van der Waals surface area contributed by atoms with E-state index in [1.165, 1.54) is 0 Å². The molecule has 38 heavy (non-hydrogen) atoms. The summed E-state index contributed by atoms with van der Waals surface area (Å²) in [6, 6.07) is 30.1. The van der Waals surface area contributed by atoms with Crippen molar-refractivity contribution in [3.8, 4) is 11.3 Å². The molecule has 0 saturated carbocycles. The summed E-state index contributed by atoms with van der Waals surface area (Å²) < 4.78 is 0. The largest absolute Gasteiger partial charge is 0.488 e. The monoisotopic (exact) mass is 780 g/mol. The third kappa shape index (κ3) is 27.5. The molecule has 0 spiro atoms. The fourth-order valence-corrected chi connectivity index (χ4v) is 2.24. The van der Waals surface area contributed by atoms with Crippen LogP contribution in [0.15, 0.2) is 109 Å². The van der Waals surface area contributed by atoms with Crippen LogP contribution in [0.2, 0.25) is 5.15 Å². The zero-order valence-corrected chi connectivity index (χ0v) is 30.6. The fourth-order valence-electron chi connectivity index (χ4n) is 2.11. The molecule has 0 unspecified atom stereocenters. The van der Waals surface area contributed by atoms with E-state index >= 15 is 0 Å². The molecule has 4 rings (SSSR count). The first kappa shape index (κ1) is 54.0. The van der Waals surface area contributed by atoms with Crippen LogP contribution in [0.25, 0.3) is 11.3 Å². The van der Waals surface area contributed by atoms with Gasteiger partial charge in [-0.3, -0.25) is 4.98 Å². The van der Waals surface area contributed by atoms with Crippen LogP contribution in [-0.4, -0.2) is 27.1 Å². The molecule has 0 aliphatic heterocycles. The van der Waals surface area contributed by atoms with Crippen LogP contribution in [0.4, 0.5) is 0 Å². The molecule has 0 bridgehead atoms. The van der Waals surface area contributed by atoms with Gasteiger partial charge in [-0.2, -0.15) is 0 Å². The number of hydrogen-bond donors (Lipinski definition) is 2. The Balaban J connectivity index is -0.0000000677. The zero-order chi connectivity index (χ0) is 24.0. The summed E-state index contributed by atoms with van der Waals surface area (Å²) in [7, 11) is -1.34. The number of benzene rings is 2. The Kier molecular flexibility index (Phi) is 55.5. The van der Waals surface area contributed by atoms with Crippen molar-refractivity contribution in [2.75, 3.05) is 0 Å². The molecule has 0 fully saturated rings. The van der Waals surface area contributed by atoms with E-state index in [0.717, 1.165) is 11.3 Å². The number of nitrogens with zero attached hydrogens (tertiary/aromatic N) is 2. The summed E-state index contributed by atoms with van der Waals surface area (Å²) in [4.78, 5) is 7.99. The zero-order valence-electron chi connectivity index (χ0n) is 22.6. The molecule has 0 atom stereocenters. The van der Waals surface area contributed by atoms with E-state index in [-0.39, 0.29) is 108 Å². The quantitative estimate of drug-likeness (QED) is 0.126. The van der Waals surface area contributed by atoms with Gasteiger partial charge in [-0.1, -0.05) is 120 Å². The Morgan fingerprint density at radius 2 is 1.00 bits per heavy atom. The molecule has 0 aliphatic carbocycles. The molecule has 0 aliphatic rings. The van der Waals surface area contributed by atoms with Crippen molar-refractivity contribution in [3.05, 3.63) is 129 Å². The summed E-state index contributed by atoms with van der Waals surface area (Å²) in [5, 5.41) is 17.7. The third-order valence-corrected chi connectivity index (χ3v) is 3.68. The molecule has 2 heterocycles. The summed E-state index contributed by atoms with van der Waals surface area (Å²) in [5.74, 6) is 0. The van der Waals surface area contributed by atoms with Gasteiger partial charge in [0.1, 0.15) is 5.15 Å².